The van der Waals surface area contributed by atoms with E-state index in [1.54, 1.807) is 42.5 Å². The Morgan fingerprint density at radius 3 is 2.68 bits per heavy atom. The number of carbonyl (C=O) groups excluding carboxylic acids is 2. The minimum atomic E-state index is -0.939. The molecule has 3 heterocycles. The van der Waals surface area contributed by atoms with Crippen molar-refractivity contribution in [2.24, 2.45) is 0 Å². The molecule has 192 valence electrons. The molecule has 0 aliphatic carbocycles. The van der Waals surface area contributed by atoms with E-state index in [0.29, 0.717) is 40.6 Å². The summed E-state index contributed by atoms with van der Waals surface area (Å²) in [5, 5.41) is 21.6. The maximum atomic E-state index is 13.5. The number of aromatic nitrogens is 1. The number of nitrogens with zero attached hydrogens (tertiary/aromatic N) is 2. The number of aromatic hydroxyl groups is 1. The number of carbonyl (C=O) groups is 2. The molecule has 1 fully saturated rings. The predicted molar refractivity (Wildman–Crippen MR) is 144 cm³/mol. The topological polar surface area (TPSA) is 109 Å². The number of fused-ring (bicyclic) bond motifs is 2. The Labute approximate surface area is 222 Å². The van der Waals surface area contributed by atoms with E-state index in [9.17, 15) is 19.8 Å². The van der Waals surface area contributed by atoms with E-state index >= 15 is 0 Å². The van der Waals surface area contributed by atoms with E-state index in [0.717, 1.165) is 16.0 Å². The van der Waals surface area contributed by atoms with E-state index in [1.165, 1.54) is 28.4 Å². The molecule has 1 saturated heterocycles. The summed E-state index contributed by atoms with van der Waals surface area (Å²) in [5.74, 6) is -0.396. The number of aliphatic hydroxyl groups is 1. The number of hydrogen-bond acceptors (Lipinski definition) is 8. The van der Waals surface area contributed by atoms with Gasteiger partial charge in [-0.15, -0.1) is 0 Å². The van der Waals surface area contributed by atoms with Crippen molar-refractivity contribution in [3.05, 3.63) is 82.9 Å². The quantitative estimate of drug-likeness (QED) is 0.204. The van der Waals surface area contributed by atoms with Crippen LogP contribution in [0.2, 0.25) is 0 Å². The van der Waals surface area contributed by atoms with E-state index in [4.69, 9.17) is 9.47 Å². The Bertz CT molecular complexity index is 1620. The first-order chi connectivity index (χ1) is 18.3. The molecule has 0 unspecified atom stereocenters. The average Bonchev–Trinajstić information content (AvgIpc) is 3.56. The molecule has 2 aliphatic rings. The molecule has 0 radical (unpaired) electrons. The Morgan fingerprint density at radius 1 is 1.13 bits per heavy atom. The summed E-state index contributed by atoms with van der Waals surface area (Å²) in [6.07, 6.45) is 0.703. The molecule has 1 aromatic heterocycles. The van der Waals surface area contributed by atoms with Gasteiger partial charge in [0.15, 0.2) is 5.13 Å². The molecule has 38 heavy (non-hydrogen) atoms. The van der Waals surface area contributed by atoms with Crippen molar-refractivity contribution in [3.8, 4) is 17.2 Å². The second-order valence-electron chi connectivity index (χ2n) is 9.27. The third kappa shape index (κ3) is 3.95. The van der Waals surface area contributed by atoms with E-state index in [-0.39, 0.29) is 23.2 Å². The van der Waals surface area contributed by atoms with Crippen LogP contribution in [-0.2, 0) is 16.0 Å². The summed E-state index contributed by atoms with van der Waals surface area (Å²) in [5.41, 5.74) is 2.52. The number of aliphatic hydroxyl groups excluding tert-OH is 1. The zero-order valence-electron chi connectivity index (χ0n) is 20.7. The first-order valence-corrected chi connectivity index (χ1v) is 13.1. The van der Waals surface area contributed by atoms with E-state index in [1.807, 2.05) is 19.9 Å². The summed E-state index contributed by atoms with van der Waals surface area (Å²) in [6, 6.07) is 16.0. The second-order valence-corrected chi connectivity index (χ2v) is 10.3. The standard InChI is InChI=1S/C29H24N2O6S/c1-3-36-20-9-10-21-23(14-20)38-29(30-21)31-25(16-4-7-19(32)8-5-16)24(27(34)28(31)35)26(33)17-6-11-22-18(13-17)12-15(2)37-22/h4-11,13-15,25,32-33H,3,12H2,1-2H3/b26-24+/t15-,25+/m0/s1. The number of ketones is 1. The van der Waals surface area contributed by atoms with Gasteiger partial charge in [-0.2, -0.15) is 0 Å². The number of anilines is 1. The van der Waals surface area contributed by atoms with Gasteiger partial charge in [0, 0.05) is 12.0 Å². The maximum absolute atomic E-state index is 13.5. The number of phenolic OH excluding ortho intramolecular Hbond substituents is 1. The van der Waals surface area contributed by atoms with Crippen LogP contribution in [-0.4, -0.2) is 39.6 Å². The highest BCUT2D eigenvalue weighted by atomic mass is 32.1. The Kier molecular flexibility index (Phi) is 5.80. The monoisotopic (exact) mass is 528 g/mol. The van der Waals surface area contributed by atoms with Gasteiger partial charge in [0.05, 0.1) is 28.4 Å². The molecular formula is C29H24N2O6S. The molecule has 8 nitrogen and oxygen atoms in total. The Hall–Kier alpha value is -4.37. The van der Waals surface area contributed by atoms with Crippen molar-refractivity contribution < 1.29 is 29.3 Å². The zero-order chi connectivity index (χ0) is 26.6. The van der Waals surface area contributed by atoms with Crippen molar-refractivity contribution in [2.45, 2.75) is 32.4 Å². The highest BCUT2D eigenvalue weighted by Crippen LogP contribution is 2.45. The van der Waals surface area contributed by atoms with Crippen molar-refractivity contribution >= 4 is 44.1 Å². The van der Waals surface area contributed by atoms with Gasteiger partial charge in [0.25, 0.3) is 5.78 Å². The number of phenols is 1. The molecule has 2 aliphatic heterocycles. The molecule has 0 spiro atoms. The van der Waals surface area contributed by atoms with Crippen LogP contribution < -0.4 is 14.4 Å². The molecule has 4 aromatic rings. The number of ether oxygens (including phenoxy) is 2. The lowest BCUT2D eigenvalue weighted by atomic mass is 9.94. The number of benzene rings is 3. The average molecular weight is 529 g/mol. The summed E-state index contributed by atoms with van der Waals surface area (Å²) >= 11 is 1.26. The number of amides is 1. The third-order valence-corrected chi connectivity index (χ3v) is 7.71. The first-order valence-electron chi connectivity index (χ1n) is 12.3. The normalized spacial score (nSPS) is 20.1. The molecule has 9 heteroatoms. The summed E-state index contributed by atoms with van der Waals surface area (Å²) in [7, 11) is 0. The van der Waals surface area contributed by atoms with Crippen molar-refractivity contribution in [2.75, 3.05) is 11.5 Å². The van der Waals surface area contributed by atoms with Gasteiger partial charge in [0.1, 0.15) is 29.1 Å². The lowest BCUT2D eigenvalue weighted by Crippen LogP contribution is -2.29. The van der Waals surface area contributed by atoms with Gasteiger partial charge in [-0.05, 0) is 73.5 Å². The van der Waals surface area contributed by atoms with Crippen molar-refractivity contribution in [1.29, 1.82) is 0 Å². The van der Waals surface area contributed by atoms with Crippen LogP contribution in [0.5, 0.6) is 17.2 Å². The van der Waals surface area contributed by atoms with Gasteiger partial charge in [-0.25, -0.2) is 4.98 Å². The number of Topliss-reactive ketones (excluding diaryl/α,β-unsaturated/α-hetero) is 1. The lowest BCUT2D eigenvalue weighted by molar-refractivity contribution is -0.132. The maximum Gasteiger partial charge on any atom is 0.301 e. The number of thiazole rings is 1. The number of rotatable bonds is 5. The zero-order valence-corrected chi connectivity index (χ0v) is 21.5. The van der Waals surface area contributed by atoms with Gasteiger partial charge in [-0.1, -0.05) is 23.5 Å². The van der Waals surface area contributed by atoms with Gasteiger partial charge >= 0.3 is 5.91 Å². The van der Waals surface area contributed by atoms with Gasteiger partial charge in [-0.3, -0.25) is 14.5 Å². The molecule has 3 aromatic carbocycles. The molecule has 1 amide bonds. The molecule has 0 bridgehead atoms. The Balaban J connectivity index is 1.50. The first kappa shape index (κ1) is 24.0. The van der Waals surface area contributed by atoms with E-state index < -0.39 is 17.7 Å². The number of hydrogen-bond donors (Lipinski definition) is 2. The SMILES string of the molecule is CCOc1ccc2nc(N3C(=O)C(=O)/C(=C(/O)c4ccc5c(c4)C[C@H](C)O5)[C@H]3c3ccc(O)cc3)sc2c1. The van der Waals surface area contributed by atoms with Crippen molar-refractivity contribution in [3.63, 3.8) is 0 Å². The van der Waals surface area contributed by atoms with Crippen LogP contribution in [0.15, 0.2) is 66.2 Å². The van der Waals surface area contributed by atoms with Crippen molar-refractivity contribution in [1.82, 2.24) is 4.98 Å². The summed E-state index contributed by atoms with van der Waals surface area (Å²) in [4.78, 5) is 32.9. The molecule has 6 rings (SSSR count). The van der Waals surface area contributed by atoms with Crippen LogP contribution in [0.25, 0.3) is 16.0 Å². The minimum Gasteiger partial charge on any atom is -0.508 e. The molecular weight excluding hydrogens is 504 g/mol. The summed E-state index contributed by atoms with van der Waals surface area (Å²) in [6.45, 7) is 4.37. The van der Waals surface area contributed by atoms with E-state index in [2.05, 4.69) is 4.98 Å². The van der Waals surface area contributed by atoms with Crippen LogP contribution in [0.1, 0.15) is 36.6 Å². The predicted octanol–water partition coefficient (Wildman–Crippen LogP) is 5.35. The fourth-order valence-corrected chi connectivity index (χ4v) is 6.00. The Morgan fingerprint density at radius 2 is 1.92 bits per heavy atom. The molecule has 2 atom stereocenters. The molecule has 2 N–H and O–H groups in total. The fourth-order valence-electron chi connectivity index (χ4n) is 4.98. The fraction of sp³-hybridized carbons (Fsp3) is 0.207. The van der Waals surface area contributed by atoms with Crippen LogP contribution in [0.3, 0.4) is 0 Å². The van der Waals surface area contributed by atoms with Crippen LogP contribution in [0, 0.1) is 0 Å². The summed E-state index contributed by atoms with van der Waals surface area (Å²) < 4.78 is 12.2. The third-order valence-electron chi connectivity index (χ3n) is 6.69. The largest absolute Gasteiger partial charge is 0.508 e. The second kappa shape index (κ2) is 9.18. The highest BCUT2D eigenvalue weighted by molar-refractivity contribution is 7.22. The van der Waals surface area contributed by atoms with Gasteiger partial charge in [0.2, 0.25) is 0 Å². The van der Waals surface area contributed by atoms with Gasteiger partial charge < -0.3 is 19.7 Å². The van der Waals surface area contributed by atoms with Crippen LogP contribution in [0.4, 0.5) is 5.13 Å². The highest BCUT2D eigenvalue weighted by Gasteiger charge is 2.48. The smallest absolute Gasteiger partial charge is 0.301 e. The lowest BCUT2D eigenvalue weighted by Gasteiger charge is -2.23. The molecule has 0 saturated carbocycles. The van der Waals surface area contributed by atoms with Crippen LogP contribution >= 0.6 is 11.3 Å². The minimum absolute atomic E-state index is 0.0206.